The van der Waals surface area contributed by atoms with Crippen molar-refractivity contribution in [2.75, 3.05) is 13.2 Å². The van der Waals surface area contributed by atoms with Gasteiger partial charge in [0.25, 0.3) is 0 Å². The number of nitrogens with zero attached hydrogens (tertiary/aromatic N) is 1. The third-order valence-corrected chi connectivity index (χ3v) is 5.74. The van der Waals surface area contributed by atoms with Crippen LogP contribution in [0, 0.1) is 11.3 Å². The average molecular weight is 342 g/mol. The number of halogens is 3. The first kappa shape index (κ1) is 16.1. The molecule has 3 fully saturated rings. The molecule has 7 heteroatoms. The first-order chi connectivity index (χ1) is 11.5. The molecule has 2 heterocycles. The predicted molar refractivity (Wildman–Crippen MR) is 80.5 cm³/mol. The number of pyridine rings is 1. The molecule has 2 saturated carbocycles. The van der Waals surface area contributed by atoms with Crippen LogP contribution in [-0.4, -0.2) is 36.5 Å². The minimum atomic E-state index is -4.34. The van der Waals surface area contributed by atoms with Gasteiger partial charge in [0.1, 0.15) is 0 Å². The Labute approximate surface area is 138 Å². The summed E-state index contributed by atoms with van der Waals surface area (Å²) in [7, 11) is 0. The highest BCUT2D eigenvalue weighted by atomic mass is 19.4. The van der Waals surface area contributed by atoms with Crippen LogP contribution in [0.15, 0.2) is 18.3 Å². The molecule has 4 nitrogen and oxygen atoms in total. The van der Waals surface area contributed by atoms with Gasteiger partial charge in [0.05, 0.1) is 6.10 Å². The van der Waals surface area contributed by atoms with Gasteiger partial charge in [-0.25, -0.2) is 4.98 Å². The Hall–Kier alpha value is -1.34. The van der Waals surface area contributed by atoms with Gasteiger partial charge >= 0.3 is 6.18 Å². The van der Waals surface area contributed by atoms with Crippen LogP contribution in [0.5, 0.6) is 5.88 Å². The Morgan fingerprint density at radius 2 is 2.17 bits per heavy atom. The molecule has 24 heavy (non-hydrogen) atoms. The van der Waals surface area contributed by atoms with E-state index in [9.17, 15) is 13.2 Å². The van der Waals surface area contributed by atoms with Crippen LogP contribution >= 0.6 is 0 Å². The van der Waals surface area contributed by atoms with Crippen molar-refractivity contribution in [1.29, 1.82) is 0 Å². The van der Waals surface area contributed by atoms with Crippen molar-refractivity contribution in [2.45, 2.75) is 50.6 Å². The van der Waals surface area contributed by atoms with Crippen LogP contribution in [0.4, 0.5) is 13.2 Å². The maximum Gasteiger partial charge on any atom is 0.422 e. The summed E-state index contributed by atoms with van der Waals surface area (Å²) in [6.45, 7) is 0.218. The van der Waals surface area contributed by atoms with Crippen LogP contribution in [-0.2, 0) is 11.3 Å². The predicted octanol–water partition coefficient (Wildman–Crippen LogP) is 3.07. The molecule has 1 saturated heterocycles. The number of aromatic nitrogens is 1. The van der Waals surface area contributed by atoms with E-state index in [-0.39, 0.29) is 5.88 Å². The summed E-state index contributed by atoms with van der Waals surface area (Å²) in [5.74, 6) is 0.604. The van der Waals surface area contributed by atoms with Gasteiger partial charge in [0.2, 0.25) is 5.88 Å². The van der Waals surface area contributed by atoms with Crippen LogP contribution in [0.25, 0.3) is 0 Å². The van der Waals surface area contributed by atoms with E-state index in [4.69, 9.17) is 4.74 Å². The molecular weight excluding hydrogens is 321 g/mol. The number of hydrogen-bond donors (Lipinski definition) is 1. The Balaban J connectivity index is 1.31. The lowest BCUT2D eigenvalue weighted by molar-refractivity contribution is -0.176. The summed E-state index contributed by atoms with van der Waals surface area (Å²) in [5, 5.41) is 3.63. The molecule has 3 aliphatic rings. The SMILES string of the molecule is FC(F)(F)COc1ccc(CNC2[C@@H]3CCO[C@@H]3C23CCC3)cn1. The summed E-state index contributed by atoms with van der Waals surface area (Å²) in [5.41, 5.74) is 1.27. The Morgan fingerprint density at radius 3 is 2.79 bits per heavy atom. The van der Waals surface area contributed by atoms with Crippen LogP contribution in [0.2, 0.25) is 0 Å². The number of hydrogen-bond acceptors (Lipinski definition) is 4. The van der Waals surface area contributed by atoms with E-state index in [1.54, 1.807) is 12.3 Å². The lowest BCUT2D eigenvalue weighted by Crippen LogP contribution is -2.70. The topological polar surface area (TPSA) is 43.4 Å². The minimum absolute atomic E-state index is 0.000519. The molecule has 1 aliphatic heterocycles. The number of alkyl halides is 3. The van der Waals surface area contributed by atoms with Crippen molar-refractivity contribution in [3.63, 3.8) is 0 Å². The fraction of sp³-hybridized carbons (Fsp3) is 0.706. The monoisotopic (exact) mass is 342 g/mol. The van der Waals surface area contributed by atoms with Gasteiger partial charge in [-0.15, -0.1) is 0 Å². The number of ether oxygens (including phenoxy) is 2. The maximum absolute atomic E-state index is 12.1. The van der Waals surface area contributed by atoms with Gasteiger partial charge in [0.15, 0.2) is 6.61 Å². The van der Waals surface area contributed by atoms with Crippen LogP contribution < -0.4 is 10.1 Å². The van der Waals surface area contributed by atoms with Gasteiger partial charge in [-0.2, -0.15) is 13.2 Å². The van der Waals surface area contributed by atoms with Crippen molar-refractivity contribution in [3.8, 4) is 5.88 Å². The zero-order chi connectivity index (χ0) is 16.8. The Kier molecular flexibility index (Phi) is 3.95. The van der Waals surface area contributed by atoms with Crippen molar-refractivity contribution in [2.24, 2.45) is 11.3 Å². The van der Waals surface area contributed by atoms with Crippen LogP contribution in [0.1, 0.15) is 31.2 Å². The molecule has 0 bridgehead atoms. The molecule has 132 valence electrons. The second-order valence-corrected chi connectivity index (χ2v) is 7.10. The van der Waals surface area contributed by atoms with Gasteiger partial charge in [-0.1, -0.05) is 12.5 Å². The standard InChI is InChI=1S/C17H21F3N2O2/c18-17(19,20)10-24-13-3-2-11(8-21-13)9-22-14-12-4-7-23-15(12)16(14)5-1-6-16/h2-3,8,12,14-15,22H,1,4-7,9-10H2/t12-,14?,15-/m0/s1. The molecule has 1 spiro atoms. The molecule has 1 unspecified atom stereocenters. The normalized spacial score (nSPS) is 30.5. The first-order valence-corrected chi connectivity index (χ1v) is 8.47. The maximum atomic E-state index is 12.1. The van der Waals surface area contributed by atoms with Gasteiger partial charge < -0.3 is 14.8 Å². The van der Waals surface area contributed by atoms with Gasteiger partial charge in [-0.3, -0.25) is 0 Å². The van der Waals surface area contributed by atoms with E-state index in [0.29, 0.717) is 30.0 Å². The van der Waals surface area contributed by atoms with Crippen molar-refractivity contribution in [3.05, 3.63) is 23.9 Å². The Bertz CT molecular complexity index is 586. The molecule has 0 amide bonds. The lowest BCUT2D eigenvalue weighted by atomic mass is 9.46. The molecule has 0 aromatic carbocycles. The number of nitrogens with one attached hydrogen (secondary N) is 1. The molecular formula is C17H21F3N2O2. The third kappa shape index (κ3) is 2.77. The highest BCUT2D eigenvalue weighted by Gasteiger charge is 2.66. The van der Waals surface area contributed by atoms with E-state index in [2.05, 4.69) is 15.0 Å². The molecule has 1 aromatic rings. The van der Waals surface area contributed by atoms with E-state index in [1.165, 1.54) is 25.3 Å². The Morgan fingerprint density at radius 1 is 1.33 bits per heavy atom. The quantitative estimate of drug-likeness (QED) is 0.893. The van der Waals surface area contributed by atoms with Crippen LogP contribution in [0.3, 0.4) is 0 Å². The fourth-order valence-corrected chi connectivity index (χ4v) is 4.54. The van der Waals surface area contributed by atoms with Crippen molar-refractivity contribution < 1.29 is 22.6 Å². The zero-order valence-corrected chi connectivity index (χ0v) is 13.3. The smallest absolute Gasteiger partial charge is 0.422 e. The summed E-state index contributed by atoms with van der Waals surface area (Å²) >= 11 is 0. The second kappa shape index (κ2) is 5.88. The molecule has 0 radical (unpaired) electrons. The summed E-state index contributed by atoms with van der Waals surface area (Å²) in [4.78, 5) is 3.95. The summed E-state index contributed by atoms with van der Waals surface area (Å²) < 4.78 is 46.9. The third-order valence-electron chi connectivity index (χ3n) is 5.74. The van der Waals surface area contributed by atoms with Crippen molar-refractivity contribution >= 4 is 0 Å². The highest BCUT2D eigenvalue weighted by molar-refractivity contribution is 5.21. The van der Waals surface area contributed by atoms with E-state index in [1.807, 2.05) is 0 Å². The highest BCUT2D eigenvalue weighted by Crippen LogP contribution is 2.62. The molecule has 3 atom stereocenters. The lowest BCUT2D eigenvalue weighted by Gasteiger charge is -2.63. The largest absolute Gasteiger partial charge is 0.468 e. The van der Waals surface area contributed by atoms with E-state index in [0.717, 1.165) is 18.6 Å². The zero-order valence-electron chi connectivity index (χ0n) is 13.3. The van der Waals surface area contributed by atoms with E-state index >= 15 is 0 Å². The number of rotatable bonds is 5. The van der Waals surface area contributed by atoms with Crippen molar-refractivity contribution in [1.82, 2.24) is 10.3 Å². The average Bonchev–Trinajstić information content (AvgIpc) is 2.89. The van der Waals surface area contributed by atoms with Gasteiger partial charge in [-0.05, 0) is 24.8 Å². The number of fused-ring (bicyclic) bond motifs is 2. The molecule has 2 aliphatic carbocycles. The first-order valence-electron chi connectivity index (χ1n) is 8.47. The molecule has 4 rings (SSSR count). The summed E-state index contributed by atoms with van der Waals surface area (Å²) in [6.07, 6.45) is 2.52. The molecule has 1 aromatic heterocycles. The minimum Gasteiger partial charge on any atom is -0.468 e. The summed E-state index contributed by atoms with van der Waals surface area (Å²) in [6, 6.07) is 3.74. The van der Waals surface area contributed by atoms with Gasteiger partial charge in [0, 0.05) is 42.8 Å². The fourth-order valence-electron chi connectivity index (χ4n) is 4.54. The molecule has 1 N–H and O–H groups in total. The second-order valence-electron chi connectivity index (χ2n) is 7.10. The van der Waals surface area contributed by atoms with E-state index < -0.39 is 12.8 Å².